The van der Waals surface area contributed by atoms with Crippen molar-refractivity contribution in [2.75, 3.05) is 14.2 Å². The highest BCUT2D eigenvalue weighted by Crippen LogP contribution is 2.38. The number of methoxy groups -OCH3 is 2. The van der Waals surface area contributed by atoms with E-state index in [1.165, 1.54) is 32.4 Å². The summed E-state index contributed by atoms with van der Waals surface area (Å²) >= 11 is 0. The van der Waals surface area contributed by atoms with Crippen molar-refractivity contribution in [1.82, 2.24) is 0 Å². The van der Waals surface area contributed by atoms with Crippen LogP contribution in [0.2, 0.25) is 0 Å². The molecule has 0 aliphatic heterocycles. The molecule has 4 atom stereocenters. The summed E-state index contributed by atoms with van der Waals surface area (Å²) < 4.78 is 16.9. The van der Waals surface area contributed by atoms with Crippen molar-refractivity contribution >= 4 is 23.7 Å². The number of allylic oxidation sites excluding steroid dienone is 6. The summed E-state index contributed by atoms with van der Waals surface area (Å²) in [5.41, 5.74) is 1.31. The van der Waals surface area contributed by atoms with Crippen LogP contribution in [0.4, 0.5) is 0 Å². The van der Waals surface area contributed by atoms with Gasteiger partial charge in [-0.2, -0.15) is 0 Å². The van der Waals surface area contributed by atoms with Gasteiger partial charge in [0.25, 0.3) is 0 Å². The summed E-state index contributed by atoms with van der Waals surface area (Å²) in [7, 11) is 2.95. The maximum atomic E-state index is 12.3. The van der Waals surface area contributed by atoms with E-state index in [9.17, 15) is 24.9 Å². The Labute approximate surface area is 259 Å². The van der Waals surface area contributed by atoms with E-state index in [0.717, 1.165) is 11.6 Å². The van der Waals surface area contributed by atoms with Crippen LogP contribution in [-0.4, -0.2) is 52.8 Å². The first kappa shape index (κ1) is 33.9. The average molecular weight is 603 g/mol. The second kappa shape index (κ2) is 15.3. The molecule has 3 rings (SSSR count). The lowest BCUT2D eigenvalue weighted by atomic mass is 9.76. The van der Waals surface area contributed by atoms with Crippen LogP contribution in [-0.2, 0) is 9.59 Å². The fraction of sp³-hybridized carbons (Fsp3) is 0.333. The molecule has 4 unspecified atom stereocenters. The van der Waals surface area contributed by atoms with Crippen LogP contribution in [0, 0.1) is 11.8 Å². The molecular formula is C36H42O8. The molecule has 0 radical (unpaired) electrons. The van der Waals surface area contributed by atoms with E-state index in [0.29, 0.717) is 35.5 Å². The van der Waals surface area contributed by atoms with E-state index in [1.54, 1.807) is 48.6 Å². The summed E-state index contributed by atoms with van der Waals surface area (Å²) in [5.74, 6) is 0.701. The molecule has 1 aliphatic rings. The van der Waals surface area contributed by atoms with Gasteiger partial charge in [0, 0.05) is 12.5 Å². The lowest BCUT2D eigenvalue weighted by molar-refractivity contribution is -0.116. The minimum atomic E-state index is -0.995. The lowest BCUT2D eigenvalue weighted by Gasteiger charge is -2.39. The monoisotopic (exact) mass is 602 g/mol. The van der Waals surface area contributed by atoms with Gasteiger partial charge in [-0.05, 0) is 98.7 Å². The van der Waals surface area contributed by atoms with Crippen molar-refractivity contribution < 1.29 is 39.1 Å². The van der Waals surface area contributed by atoms with Crippen molar-refractivity contribution in [2.24, 2.45) is 11.8 Å². The molecule has 2 aromatic rings. The number of phenols is 1. The molecule has 0 heterocycles. The molecule has 3 N–H and O–H groups in total. The number of carbonyl (C=O) groups excluding carboxylic acids is 2. The number of ketones is 2. The summed E-state index contributed by atoms with van der Waals surface area (Å²) in [6.45, 7) is 7.63. The Morgan fingerprint density at radius 1 is 0.977 bits per heavy atom. The van der Waals surface area contributed by atoms with Crippen LogP contribution in [0.5, 0.6) is 23.0 Å². The zero-order valence-corrected chi connectivity index (χ0v) is 26.1. The molecule has 0 bridgehead atoms. The molecule has 1 aliphatic carbocycles. The maximum absolute atomic E-state index is 12.3. The largest absolute Gasteiger partial charge is 0.508 e. The van der Waals surface area contributed by atoms with Crippen molar-refractivity contribution in [3.05, 3.63) is 95.3 Å². The Hall–Kier alpha value is -4.56. The van der Waals surface area contributed by atoms with Gasteiger partial charge in [0.1, 0.15) is 5.76 Å². The van der Waals surface area contributed by atoms with Crippen molar-refractivity contribution in [3.63, 3.8) is 0 Å². The van der Waals surface area contributed by atoms with Gasteiger partial charge in [-0.1, -0.05) is 42.9 Å². The minimum absolute atomic E-state index is 0.00306. The standard InChI is InChI=1S/C36H42O8/c1-23(2)17-30(39)18-24(3)27-15-16-36(4,35(41)21-27)44-32-14-10-26(20-34(32)43-6)8-12-29(38)22-28(37)11-7-25-9-13-31(40)33(19-25)42-5/h7-17,19-20,22,24,27,35,38,40-41H,18,21H2,1-6H3. The number of aromatic hydroxyl groups is 1. The third-order valence-corrected chi connectivity index (χ3v) is 7.43. The van der Waals surface area contributed by atoms with Gasteiger partial charge >= 0.3 is 0 Å². The molecule has 0 amide bonds. The quantitative estimate of drug-likeness (QED) is 0.0992. The number of hydrogen-bond acceptors (Lipinski definition) is 8. The number of hydrogen-bond donors (Lipinski definition) is 3. The van der Waals surface area contributed by atoms with Gasteiger partial charge in [-0.3, -0.25) is 9.59 Å². The van der Waals surface area contributed by atoms with Gasteiger partial charge in [0.15, 0.2) is 40.2 Å². The summed E-state index contributed by atoms with van der Waals surface area (Å²) in [6, 6.07) is 9.89. The molecule has 234 valence electrons. The van der Waals surface area contributed by atoms with Crippen molar-refractivity contribution in [1.29, 1.82) is 0 Å². The van der Waals surface area contributed by atoms with E-state index in [1.807, 2.05) is 39.8 Å². The SMILES string of the molecule is COc1cc(C=CC(=O)C=C(O)C=Cc2ccc(OC3(C)C=CC(C(C)CC(=O)C=C(C)C)CC3O)c(OC)c2)ccc1O. The fourth-order valence-electron chi connectivity index (χ4n) is 4.88. The average Bonchev–Trinajstić information content (AvgIpc) is 2.97. The summed E-state index contributed by atoms with van der Waals surface area (Å²) in [4.78, 5) is 24.5. The zero-order valence-electron chi connectivity index (χ0n) is 26.1. The predicted octanol–water partition coefficient (Wildman–Crippen LogP) is 6.78. The van der Waals surface area contributed by atoms with Crippen molar-refractivity contribution in [3.8, 4) is 23.0 Å². The molecule has 0 fully saturated rings. The van der Waals surface area contributed by atoms with Crippen molar-refractivity contribution in [2.45, 2.75) is 52.2 Å². The molecule has 8 nitrogen and oxygen atoms in total. The zero-order chi connectivity index (χ0) is 32.4. The molecule has 0 saturated heterocycles. The second-order valence-corrected chi connectivity index (χ2v) is 11.4. The van der Waals surface area contributed by atoms with Gasteiger partial charge in [-0.15, -0.1) is 0 Å². The number of phenolic OH excluding ortho intramolecular Hbond substituents is 1. The van der Waals surface area contributed by atoms with E-state index in [2.05, 4.69) is 0 Å². The predicted molar refractivity (Wildman–Crippen MR) is 172 cm³/mol. The molecule has 2 aromatic carbocycles. The van der Waals surface area contributed by atoms with Gasteiger partial charge in [-0.25, -0.2) is 0 Å². The molecule has 44 heavy (non-hydrogen) atoms. The van der Waals surface area contributed by atoms with E-state index < -0.39 is 17.5 Å². The smallest absolute Gasteiger partial charge is 0.182 e. The third kappa shape index (κ3) is 9.47. The number of rotatable bonds is 13. The Morgan fingerprint density at radius 3 is 2.25 bits per heavy atom. The van der Waals surface area contributed by atoms with E-state index in [4.69, 9.17) is 14.2 Å². The first-order chi connectivity index (χ1) is 20.8. The van der Waals surface area contributed by atoms with E-state index in [-0.39, 0.29) is 34.9 Å². The van der Waals surface area contributed by atoms with Gasteiger partial charge in [0.05, 0.1) is 20.3 Å². The normalized spacial score (nSPS) is 20.8. The summed E-state index contributed by atoms with van der Waals surface area (Å²) in [6.07, 6.45) is 12.6. The minimum Gasteiger partial charge on any atom is -0.508 e. The van der Waals surface area contributed by atoms with Crippen LogP contribution in [0.3, 0.4) is 0 Å². The highest BCUT2D eigenvalue weighted by Gasteiger charge is 2.39. The third-order valence-electron chi connectivity index (χ3n) is 7.43. The molecular weight excluding hydrogens is 560 g/mol. The fourth-order valence-corrected chi connectivity index (χ4v) is 4.88. The number of aliphatic hydroxyl groups excluding tert-OH is 2. The number of ether oxygens (including phenoxy) is 3. The molecule has 0 saturated carbocycles. The Balaban J connectivity index is 1.66. The Bertz CT molecular complexity index is 1490. The number of carbonyl (C=O) groups is 2. The first-order valence-corrected chi connectivity index (χ1v) is 14.4. The van der Waals surface area contributed by atoms with Crippen LogP contribution in [0.1, 0.15) is 51.7 Å². The van der Waals surface area contributed by atoms with Crippen LogP contribution in [0.15, 0.2) is 84.2 Å². The van der Waals surface area contributed by atoms with Crippen LogP contribution in [0.25, 0.3) is 12.2 Å². The molecule has 8 heteroatoms. The van der Waals surface area contributed by atoms with Crippen LogP contribution >= 0.6 is 0 Å². The molecule has 0 spiro atoms. The first-order valence-electron chi connectivity index (χ1n) is 14.4. The maximum Gasteiger partial charge on any atom is 0.182 e. The Kier molecular flexibility index (Phi) is 11.8. The highest BCUT2D eigenvalue weighted by molar-refractivity contribution is 6.02. The van der Waals surface area contributed by atoms with Gasteiger partial charge in [0.2, 0.25) is 0 Å². The second-order valence-electron chi connectivity index (χ2n) is 11.4. The highest BCUT2D eigenvalue weighted by atomic mass is 16.5. The Morgan fingerprint density at radius 2 is 1.61 bits per heavy atom. The number of aliphatic hydroxyl groups is 2. The molecule has 0 aromatic heterocycles. The van der Waals surface area contributed by atoms with E-state index >= 15 is 0 Å². The summed E-state index contributed by atoms with van der Waals surface area (Å²) in [5, 5.41) is 31.0. The lowest BCUT2D eigenvalue weighted by Crippen LogP contribution is -2.47. The topological polar surface area (TPSA) is 123 Å². The van der Waals surface area contributed by atoms with Crippen LogP contribution < -0.4 is 14.2 Å². The van der Waals surface area contributed by atoms with Gasteiger partial charge < -0.3 is 29.5 Å². The number of benzene rings is 2.